The van der Waals surface area contributed by atoms with Gasteiger partial charge in [-0.25, -0.2) is 0 Å². The van der Waals surface area contributed by atoms with Crippen LogP contribution in [-0.2, 0) is 33.4 Å². The zero-order valence-corrected chi connectivity index (χ0v) is 44.7. The van der Waals surface area contributed by atoms with Gasteiger partial charge in [0.15, 0.2) is 0 Å². The molecule has 2 aromatic rings. The maximum Gasteiger partial charge on any atom is 0.246 e. The Labute approximate surface area is 428 Å². The molecule has 19 heteroatoms. The molecule has 69 heavy (non-hydrogen) atoms. The van der Waals surface area contributed by atoms with Crippen molar-refractivity contribution >= 4 is 81.6 Å². The highest BCUT2D eigenvalue weighted by Crippen LogP contribution is 2.48. The summed E-state index contributed by atoms with van der Waals surface area (Å²) in [5.74, 6) is 0.921. The normalized spacial score (nSPS) is 25.8. The van der Waals surface area contributed by atoms with Gasteiger partial charge in [0, 0.05) is 0 Å². The van der Waals surface area contributed by atoms with E-state index in [1.165, 1.54) is 0 Å². The molecule has 4 aliphatic rings. The number of hydrogen-bond acceptors (Lipinski definition) is 13. The van der Waals surface area contributed by atoms with Crippen LogP contribution in [0, 0.1) is 10.8 Å². The van der Waals surface area contributed by atoms with Gasteiger partial charge in [0.1, 0.15) is 24.2 Å². The molecule has 4 aliphatic heterocycles. The van der Waals surface area contributed by atoms with E-state index in [1.807, 2.05) is 88.6 Å². The first-order valence-electron chi connectivity index (χ1n) is 24.2. The molecule has 0 radical (unpaired) electrons. The zero-order chi connectivity index (χ0) is 49.9. The molecule has 4 heterocycles. The molecule has 2 aromatic carbocycles. The molecular weight excluding hydrogens is 953 g/mol. The Hall–Kier alpha value is -3.40. The smallest absolute Gasteiger partial charge is 0.246 e. The van der Waals surface area contributed by atoms with Crippen LogP contribution in [0.4, 0.5) is 0 Å². The SMILES string of the molecule is CN[C@@H](C)C(=S)N[C@H]1CCS[C@H]2CC(C)(C)C(C(=O)N[C@H](COCCOCCOC[C@@H](NC(=O)[C@H]3N4C(=O)[C@@H](NC(=S)[C@H](C)NC)CCS[C@H]4CC3(C)C)c3ccccc3)c3ccccc3)N2C1=O. The van der Waals surface area contributed by atoms with Crippen molar-refractivity contribution in [2.45, 2.75) is 126 Å². The lowest BCUT2D eigenvalue weighted by atomic mass is 9.83. The van der Waals surface area contributed by atoms with Crippen molar-refractivity contribution in [2.75, 3.05) is 65.2 Å². The van der Waals surface area contributed by atoms with Crippen LogP contribution in [0.5, 0.6) is 0 Å². The molecule has 0 bridgehead atoms. The van der Waals surface area contributed by atoms with Gasteiger partial charge in [0.2, 0.25) is 23.6 Å². The van der Waals surface area contributed by atoms with Gasteiger partial charge in [-0.3, -0.25) is 19.2 Å². The summed E-state index contributed by atoms with van der Waals surface area (Å²) in [4.78, 5) is 62.0. The molecule has 1 unspecified atom stereocenters. The number of carbonyl (C=O) groups is 4. The maximum atomic E-state index is 14.4. The summed E-state index contributed by atoms with van der Waals surface area (Å²) in [5.41, 5.74) is 0.856. The Morgan fingerprint density at radius 3 is 1.36 bits per heavy atom. The number of rotatable bonds is 22. The molecule has 4 saturated heterocycles. The predicted molar refractivity (Wildman–Crippen MR) is 283 cm³/mol. The summed E-state index contributed by atoms with van der Waals surface area (Å²) in [6.45, 7) is 13.7. The maximum absolute atomic E-state index is 14.4. The fourth-order valence-corrected chi connectivity index (χ4v) is 13.3. The number of fused-ring (bicyclic) bond motifs is 2. The average Bonchev–Trinajstić information content (AvgIpc) is 3.65. The number of hydrogen-bond donors (Lipinski definition) is 6. The second-order valence-electron chi connectivity index (χ2n) is 19.8. The van der Waals surface area contributed by atoms with E-state index in [1.54, 1.807) is 33.3 Å². The molecule has 6 N–H and O–H groups in total. The van der Waals surface area contributed by atoms with E-state index < -0.39 is 47.1 Å². The van der Waals surface area contributed by atoms with Crippen LogP contribution in [0.3, 0.4) is 0 Å². The Bertz CT molecular complexity index is 1930. The number of benzene rings is 2. The van der Waals surface area contributed by atoms with Crippen molar-refractivity contribution in [1.82, 2.24) is 41.7 Å². The van der Waals surface area contributed by atoms with Crippen LogP contribution in [-0.4, -0.2) is 156 Å². The lowest BCUT2D eigenvalue weighted by Crippen LogP contribution is -2.58. The van der Waals surface area contributed by atoms with Gasteiger partial charge in [0.05, 0.1) is 84.5 Å². The first kappa shape index (κ1) is 54.9. The number of nitrogens with one attached hydrogen (secondary N) is 6. The molecule has 10 atom stereocenters. The topological polar surface area (TPSA) is 175 Å². The largest absolute Gasteiger partial charge is 0.377 e. The van der Waals surface area contributed by atoms with Crippen molar-refractivity contribution < 1.29 is 33.4 Å². The number of ether oxygens (including phenoxy) is 3. The van der Waals surface area contributed by atoms with Crippen LogP contribution in [0.2, 0.25) is 0 Å². The van der Waals surface area contributed by atoms with Crippen molar-refractivity contribution in [3.05, 3.63) is 71.8 Å². The molecule has 0 aromatic heterocycles. The lowest BCUT2D eigenvalue weighted by molar-refractivity contribution is -0.142. The van der Waals surface area contributed by atoms with E-state index in [0.29, 0.717) is 48.9 Å². The summed E-state index contributed by atoms with van der Waals surface area (Å²) < 4.78 is 18.2. The first-order valence-corrected chi connectivity index (χ1v) is 27.2. The van der Waals surface area contributed by atoms with E-state index in [4.69, 9.17) is 38.6 Å². The molecule has 4 amide bonds. The minimum absolute atomic E-state index is 0.0913. The number of likely N-dealkylation sites (N-methyl/N-ethyl adjacent to an activating group) is 2. The van der Waals surface area contributed by atoms with Crippen molar-refractivity contribution in [3.8, 4) is 0 Å². The van der Waals surface area contributed by atoms with Crippen LogP contribution < -0.4 is 31.9 Å². The fourth-order valence-electron chi connectivity index (χ4n) is 9.61. The average molecular weight is 1030 g/mol. The van der Waals surface area contributed by atoms with Gasteiger partial charge >= 0.3 is 0 Å². The van der Waals surface area contributed by atoms with Gasteiger partial charge in [-0.2, -0.15) is 0 Å². The molecule has 380 valence electrons. The third-order valence-electron chi connectivity index (χ3n) is 13.7. The molecular formula is C50H74N8O7S4. The molecule has 6 rings (SSSR count). The van der Waals surface area contributed by atoms with Crippen LogP contribution in [0.15, 0.2) is 60.7 Å². The standard InChI is InChI=1S/C50H74N8O7S4/c1-31(51-7)45(66)55-35-19-25-68-39-27-49(3,4)41(57(39)47(35)61)43(59)53-37(33-15-11-9-12-16-33)29-64-23-21-63-22-24-65-30-38(34-17-13-10-14-18-34)54-44(60)42-50(5,6)28-40-58(42)48(62)36(20-26-69-40)56-46(67)32(2)52-8/h9-18,31-32,35-42,51-52H,19-30H2,1-8H3,(H,53,59)(H,54,60)(H,55,66)(H,56,67)/t31-,32-,35-,36-,37+,38+,39-,40-,41+,42?/m0/s1. The highest BCUT2D eigenvalue weighted by atomic mass is 32.2. The van der Waals surface area contributed by atoms with Crippen LogP contribution in [0.1, 0.15) is 90.4 Å². The molecule has 0 aliphatic carbocycles. The number of thiocarbonyl (C=S) groups is 2. The van der Waals surface area contributed by atoms with E-state index in [9.17, 15) is 19.2 Å². The summed E-state index contributed by atoms with van der Waals surface area (Å²) in [5, 5.41) is 19.1. The number of thioether (sulfide) groups is 2. The Morgan fingerprint density at radius 1 is 0.638 bits per heavy atom. The first-order chi connectivity index (χ1) is 33.0. The lowest BCUT2D eigenvalue weighted by Gasteiger charge is -2.35. The number of carbonyl (C=O) groups excluding carboxylic acids is 4. The monoisotopic (exact) mass is 1030 g/mol. The predicted octanol–water partition coefficient (Wildman–Crippen LogP) is 4.72. The van der Waals surface area contributed by atoms with Gasteiger partial charge in [-0.1, -0.05) is 113 Å². The molecule has 15 nitrogen and oxygen atoms in total. The second kappa shape index (κ2) is 25.3. The summed E-state index contributed by atoms with van der Waals surface area (Å²) in [7, 11) is 3.66. The van der Waals surface area contributed by atoms with Gasteiger partial charge in [0.25, 0.3) is 0 Å². The third kappa shape index (κ3) is 14.0. The van der Waals surface area contributed by atoms with Gasteiger partial charge < -0.3 is 55.9 Å². The molecule has 0 spiro atoms. The van der Waals surface area contributed by atoms with Crippen LogP contribution >= 0.6 is 48.0 Å². The van der Waals surface area contributed by atoms with Crippen molar-refractivity contribution in [1.29, 1.82) is 0 Å². The quantitative estimate of drug-likeness (QED) is 0.0707. The molecule has 4 fully saturated rings. The van der Waals surface area contributed by atoms with E-state index in [-0.39, 0.29) is 72.9 Å². The summed E-state index contributed by atoms with van der Waals surface area (Å²) in [6, 6.07) is 15.9. The Morgan fingerprint density at radius 2 is 1.00 bits per heavy atom. The van der Waals surface area contributed by atoms with E-state index in [0.717, 1.165) is 22.6 Å². The third-order valence-corrected chi connectivity index (χ3v) is 17.2. The van der Waals surface area contributed by atoms with Crippen molar-refractivity contribution in [3.63, 3.8) is 0 Å². The minimum Gasteiger partial charge on any atom is -0.377 e. The Kier molecular flexibility index (Phi) is 20.1. The van der Waals surface area contributed by atoms with Crippen LogP contribution in [0.25, 0.3) is 0 Å². The summed E-state index contributed by atoms with van der Waals surface area (Å²) >= 11 is 14.7. The van der Waals surface area contributed by atoms with E-state index in [2.05, 4.69) is 59.6 Å². The van der Waals surface area contributed by atoms with Gasteiger partial charge in [-0.05, 0) is 87.1 Å². The second-order valence-corrected chi connectivity index (χ2v) is 23.2. The highest BCUT2D eigenvalue weighted by molar-refractivity contribution is 8.00. The summed E-state index contributed by atoms with van der Waals surface area (Å²) in [6.07, 6.45) is 2.65. The number of nitrogens with zero attached hydrogens (tertiary/aromatic N) is 2. The van der Waals surface area contributed by atoms with Crippen molar-refractivity contribution in [2.24, 2.45) is 10.8 Å². The van der Waals surface area contributed by atoms with Gasteiger partial charge in [-0.15, -0.1) is 23.5 Å². The zero-order valence-electron chi connectivity index (χ0n) is 41.4. The minimum atomic E-state index is -0.679. The Balaban J connectivity index is 1.00. The number of amides is 4. The fraction of sp³-hybridized carbons (Fsp3) is 0.640. The highest BCUT2D eigenvalue weighted by Gasteiger charge is 2.56. The molecule has 0 saturated carbocycles. The van der Waals surface area contributed by atoms with E-state index >= 15 is 0 Å².